The number of aromatic nitrogens is 1. The van der Waals surface area contributed by atoms with Crippen molar-refractivity contribution >= 4 is 40.2 Å². The smallest absolute Gasteiger partial charge is 0.267 e. The molecule has 6 nitrogen and oxygen atoms in total. The van der Waals surface area contributed by atoms with E-state index in [1.54, 1.807) is 31.2 Å². The van der Waals surface area contributed by atoms with Gasteiger partial charge in [-0.15, -0.1) is 0 Å². The number of amides is 3. The fraction of sp³-hybridized carbons (Fsp3) is 0.100. The molecule has 2 heterocycles. The first-order valence-corrected chi connectivity index (χ1v) is 8.61. The SMILES string of the molecule is Cc1ccc2nc(C)c3c(c2c1)C(=O)N(NC(=O)c1ccccc1Cl)C3=O. The number of imide groups is 1. The Morgan fingerprint density at radius 2 is 1.74 bits per heavy atom. The Balaban J connectivity index is 1.78. The Morgan fingerprint density at radius 1 is 1.04 bits per heavy atom. The Morgan fingerprint density at radius 3 is 2.48 bits per heavy atom. The summed E-state index contributed by atoms with van der Waals surface area (Å²) < 4.78 is 0. The van der Waals surface area contributed by atoms with Crippen LogP contribution in [0.15, 0.2) is 42.5 Å². The number of nitrogens with zero attached hydrogens (tertiary/aromatic N) is 2. The van der Waals surface area contributed by atoms with E-state index >= 15 is 0 Å². The molecule has 0 atom stereocenters. The normalized spacial score (nSPS) is 13.2. The molecular weight excluding hydrogens is 366 g/mol. The summed E-state index contributed by atoms with van der Waals surface area (Å²) in [6, 6.07) is 11.9. The molecule has 0 radical (unpaired) electrons. The van der Waals surface area contributed by atoms with Crippen LogP contribution in [0.2, 0.25) is 5.02 Å². The quantitative estimate of drug-likeness (QED) is 0.692. The van der Waals surface area contributed by atoms with E-state index in [2.05, 4.69) is 10.4 Å². The number of rotatable bonds is 2. The first-order chi connectivity index (χ1) is 12.9. The molecule has 3 aromatic rings. The van der Waals surface area contributed by atoms with Crippen molar-refractivity contribution < 1.29 is 14.4 Å². The maximum absolute atomic E-state index is 13.0. The summed E-state index contributed by atoms with van der Waals surface area (Å²) >= 11 is 6.03. The van der Waals surface area contributed by atoms with Crippen LogP contribution >= 0.6 is 11.6 Å². The van der Waals surface area contributed by atoms with Crippen LogP contribution in [0.5, 0.6) is 0 Å². The van der Waals surface area contributed by atoms with E-state index in [0.717, 1.165) is 10.6 Å². The number of aryl methyl sites for hydroxylation is 2. The molecule has 0 fully saturated rings. The van der Waals surface area contributed by atoms with Crippen LogP contribution in [0.4, 0.5) is 0 Å². The van der Waals surface area contributed by atoms with E-state index in [9.17, 15) is 14.4 Å². The average molecular weight is 380 g/mol. The minimum absolute atomic E-state index is 0.172. The second-order valence-corrected chi connectivity index (χ2v) is 6.74. The first kappa shape index (κ1) is 17.2. The van der Waals surface area contributed by atoms with Crippen molar-refractivity contribution in [1.29, 1.82) is 0 Å². The number of hydrogen-bond acceptors (Lipinski definition) is 4. The van der Waals surface area contributed by atoms with Gasteiger partial charge in [-0.2, -0.15) is 5.01 Å². The average Bonchev–Trinajstić information content (AvgIpc) is 2.88. The molecule has 4 rings (SSSR count). The minimum atomic E-state index is -0.638. The van der Waals surface area contributed by atoms with Crippen molar-refractivity contribution in [2.24, 2.45) is 0 Å². The molecule has 0 saturated carbocycles. The molecule has 1 aliphatic rings. The topological polar surface area (TPSA) is 79.4 Å². The highest BCUT2D eigenvalue weighted by molar-refractivity contribution is 6.34. The van der Waals surface area contributed by atoms with Gasteiger partial charge in [0.05, 0.1) is 32.9 Å². The molecule has 1 N–H and O–H groups in total. The lowest BCUT2D eigenvalue weighted by atomic mass is 10.0. The summed E-state index contributed by atoms with van der Waals surface area (Å²) in [6.45, 7) is 3.56. The van der Waals surface area contributed by atoms with E-state index in [4.69, 9.17) is 11.6 Å². The van der Waals surface area contributed by atoms with Crippen LogP contribution in [0.25, 0.3) is 10.9 Å². The van der Waals surface area contributed by atoms with Crippen LogP contribution in [-0.4, -0.2) is 27.7 Å². The maximum atomic E-state index is 13.0. The Hall–Kier alpha value is -3.25. The van der Waals surface area contributed by atoms with Gasteiger partial charge in [0.15, 0.2) is 0 Å². The van der Waals surface area contributed by atoms with Crippen LogP contribution in [0.1, 0.15) is 42.3 Å². The number of halogens is 1. The van der Waals surface area contributed by atoms with Crippen molar-refractivity contribution in [1.82, 2.24) is 15.4 Å². The molecular formula is C20H14ClN3O3. The van der Waals surface area contributed by atoms with Crippen LogP contribution in [-0.2, 0) is 0 Å². The van der Waals surface area contributed by atoms with Gasteiger partial charge in [0, 0.05) is 5.39 Å². The highest BCUT2D eigenvalue weighted by Gasteiger charge is 2.40. The van der Waals surface area contributed by atoms with Gasteiger partial charge in [-0.05, 0) is 38.1 Å². The summed E-state index contributed by atoms with van der Waals surface area (Å²) in [5.74, 6) is -1.83. The third kappa shape index (κ3) is 2.65. The standard InChI is InChI=1S/C20H14ClN3O3/c1-10-7-8-15-13(9-10)17-16(11(2)22-15)19(26)24(20(17)27)23-18(25)12-5-3-4-6-14(12)21/h3-9H,1-2H3,(H,23,25). The molecule has 0 saturated heterocycles. The maximum Gasteiger partial charge on any atom is 0.282 e. The van der Waals surface area contributed by atoms with E-state index < -0.39 is 17.7 Å². The Kier molecular flexibility index (Phi) is 3.93. The van der Waals surface area contributed by atoms with Crippen molar-refractivity contribution in [2.45, 2.75) is 13.8 Å². The highest BCUT2D eigenvalue weighted by atomic mass is 35.5. The van der Waals surface area contributed by atoms with Gasteiger partial charge in [-0.25, -0.2) is 0 Å². The van der Waals surface area contributed by atoms with Crippen molar-refractivity contribution in [3.8, 4) is 0 Å². The number of carbonyl (C=O) groups is 3. The van der Waals surface area contributed by atoms with Gasteiger partial charge < -0.3 is 0 Å². The molecule has 0 spiro atoms. The lowest BCUT2D eigenvalue weighted by Crippen LogP contribution is -2.46. The molecule has 27 heavy (non-hydrogen) atoms. The molecule has 1 aliphatic heterocycles. The van der Waals surface area contributed by atoms with Crippen LogP contribution < -0.4 is 5.43 Å². The first-order valence-electron chi connectivity index (χ1n) is 8.23. The molecule has 2 aromatic carbocycles. The fourth-order valence-electron chi connectivity index (χ4n) is 3.21. The number of fused-ring (bicyclic) bond motifs is 3. The lowest BCUT2D eigenvalue weighted by Gasteiger charge is -2.15. The van der Waals surface area contributed by atoms with Crippen molar-refractivity contribution in [3.63, 3.8) is 0 Å². The number of benzene rings is 2. The van der Waals surface area contributed by atoms with Gasteiger partial charge in [0.25, 0.3) is 17.7 Å². The molecule has 0 aliphatic carbocycles. The zero-order valence-corrected chi connectivity index (χ0v) is 15.3. The van der Waals surface area contributed by atoms with Crippen molar-refractivity contribution in [2.75, 3.05) is 0 Å². The van der Waals surface area contributed by atoms with Crippen LogP contribution in [0, 0.1) is 13.8 Å². The summed E-state index contributed by atoms with van der Waals surface area (Å²) in [7, 11) is 0. The monoisotopic (exact) mass is 379 g/mol. The van der Waals surface area contributed by atoms with Gasteiger partial charge in [0.1, 0.15) is 0 Å². The summed E-state index contributed by atoms with van der Waals surface area (Å²) in [4.78, 5) is 42.7. The van der Waals surface area contributed by atoms with Gasteiger partial charge in [0.2, 0.25) is 0 Å². The third-order valence-electron chi connectivity index (χ3n) is 4.49. The number of pyridine rings is 1. The lowest BCUT2D eigenvalue weighted by molar-refractivity contribution is 0.0518. The molecule has 7 heteroatoms. The number of hydrazine groups is 1. The summed E-state index contributed by atoms with van der Waals surface area (Å²) in [5, 5.41) is 1.54. The third-order valence-corrected chi connectivity index (χ3v) is 4.82. The minimum Gasteiger partial charge on any atom is -0.267 e. The molecule has 1 aromatic heterocycles. The van der Waals surface area contributed by atoms with Gasteiger partial charge in [-0.1, -0.05) is 35.4 Å². The molecule has 134 valence electrons. The summed E-state index contributed by atoms with van der Waals surface area (Å²) in [6.07, 6.45) is 0. The highest BCUT2D eigenvalue weighted by Crippen LogP contribution is 2.31. The second-order valence-electron chi connectivity index (χ2n) is 6.33. The van der Waals surface area contributed by atoms with E-state index in [1.165, 1.54) is 6.07 Å². The Labute approximate surface area is 159 Å². The number of hydrogen-bond donors (Lipinski definition) is 1. The summed E-state index contributed by atoms with van der Waals surface area (Å²) in [5.41, 5.74) is 5.01. The number of carbonyl (C=O) groups excluding carboxylic acids is 3. The Bertz CT molecular complexity index is 1160. The molecule has 0 unspecified atom stereocenters. The van der Waals surface area contributed by atoms with Crippen LogP contribution in [0.3, 0.4) is 0 Å². The van der Waals surface area contributed by atoms with Crippen molar-refractivity contribution in [3.05, 3.63) is 75.4 Å². The zero-order chi connectivity index (χ0) is 19.3. The second kappa shape index (κ2) is 6.17. The van der Waals surface area contributed by atoms with Gasteiger partial charge in [-0.3, -0.25) is 24.8 Å². The largest absolute Gasteiger partial charge is 0.282 e. The zero-order valence-electron chi connectivity index (χ0n) is 14.5. The van der Waals surface area contributed by atoms with Gasteiger partial charge >= 0.3 is 0 Å². The fourth-order valence-corrected chi connectivity index (χ4v) is 3.43. The van der Waals surface area contributed by atoms with E-state index in [0.29, 0.717) is 16.6 Å². The molecule has 3 amide bonds. The molecule has 0 bridgehead atoms. The predicted molar refractivity (Wildman–Crippen MR) is 101 cm³/mol. The van der Waals surface area contributed by atoms with E-state index in [-0.39, 0.29) is 21.7 Å². The number of nitrogens with one attached hydrogen (secondary N) is 1. The van der Waals surface area contributed by atoms with E-state index in [1.807, 2.05) is 19.1 Å². The predicted octanol–water partition coefficient (Wildman–Crippen LogP) is 3.45.